The number of aliphatic hydroxyl groups excluding tert-OH is 1. The number of carbonyl (C=O) groups excluding carboxylic acids is 3. The molecular formula is C32H44N2O6. The lowest BCUT2D eigenvalue weighted by Crippen LogP contribution is -2.56. The number of fused-ring (bicyclic) bond motifs is 1. The molecule has 1 spiro atoms. The number of nitrogens with zero attached hydrogens (tertiary/aromatic N) is 2. The van der Waals surface area contributed by atoms with E-state index in [-0.39, 0.29) is 30.9 Å². The fourth-order valence-electron chi connectivity index (χ4n) is 7.04. The second kappa shape index (κ2) is 12.7. The van der Waals surface area contributed by atoms with Gasteiger partial charge in [-0.15, -0.1) is 13.2 Å². The van der Waals surface area contributed by atoms with Gasteiger partial charge in [-0.05, 0) is 56.9 Å². The summed E-state index contributed by atoms with van der Waals surface area (Å²) < 4.78 is 12.5. The first-order valence-electron chi connectivity index (χ1n) is 14.6. The van der Waals surface area contributed by atoms with Crippen molar-refractivity contribution in [2.45, 2.75) is 76.2 Å². The van der Waals surface area contributed by atoms with E-state index < -0.39 is 35.0 Å². The van der Waals surface area contributed by atoms with Crippen molar-refractivity contribution >= 4 is 17.8 Å². The van der Waals surface area contributed by atoms with E-state index >= 15 is 0 Å². The number of esters is 1. The van der Waals surface area contributed by atoms with Crippen LogP contribution in [0.15, 0.2) is 55.6 Å². The summed E-state index contributed by atoms with van der Waals surface area (Å²) >= 11 is 0. The van der Waals surface area contributed by atoms with Crippen LogP contribution in [-0.4, -0.2) is 76.2 Å². The summed E-state index contributed by atoms with van der Waals surface area (Å²) in [5.41, 5.74) is -1.04. The summed E-state index contributed by atoms with van der Waals surface area (Å²) in [6.07, 6.45) is 7.36. The molecule has 3 aliphatic rings. The predicted molar refractivity (Wildman–Crippen MR) is 152 cm³/mol. The summed E-state index contributed by atoms with van der Waals surface area (Å²) in [5.74, 6) is -2.46. The number of carbonyl (C=O) groups is 3. The van der Waals surface area contributed by atoms with Crippen molar-refractivity contribution in [2.75, 3.05) is 26.3 Å². The van der Waals surface area contributed by atoms with Gasteiger partial charge < -0.3 is 24.4 Å². The Labute approximate surface area is 238 Å². The van der Waals surface area contributed by atoms with E-state index in [1.54, 1.807) is 22.0 Å². The molecule has 8 heteroatoms. The third kappa shape index (κ3) is 5.36. The largest absolute Gasteiger partial charge is 0.465 e. The zero-order valence-corrected chi connectivity index (χ0v) is 23.9. The molecule has 3 heterocycles. The van der Waals surface area contributed by atoms with Crippen molar-refractivity contribution in [1.29, 1.82) is 0 Å². The minimum Gasteiger partial charge on any atom is -0.465 e. The zero-order valence-electron chi connectivity index (χ0n) is 23.9. The van der Waals surface area contributed by atoms with E-state index in [1.807, 2.05) is 44.2 Å². The average molecular weight is 553 g/mol. The van der Waals surface area contributed by atoms with Gasteiger partial charge in [-0.2, -0.15) is 0 Å². The van der Waals surface area contributed by atoms with Crippen LogP contribution in [0.5, 0.6) is 0 Å². The third-order valence-corrected chi connectivity index (χ3v) is 9.03. The van der Waals surface area contributed by atoms with Crippen LogP contribution in [-0.2, 0) is 30.4 Å². The first-order chi connectivity index (χ1) is 19.2. The molecular weight excluding hydrogens is 508 g/mol. The normalized spacial score (nSPS) is 30.3. The summed E-state index contributed by atoms with van der Waals surface area (Å²) in [7, 11) is 0. The van der Waals surface area contributed by atoms with Crippen molar-refractivity contribution in [3.8, 4) is 0 Å². The summed E-state index contributed by atoms with van der Waals surface area (Å²) in [5, 5.41) is 9.27. The lowest BCUT2D eigenvalue weighted by Gasteiger charge is -2.37. The molecule has 3 saturated heterocycles. The number of ether oxygens (including phenoxy) is 2. The molecule has 0 saturated carbocycles. The van der Waals surface area contributed by atoms with Gasteiger partial charge in [0.2, 0.25) is 11.8 Å². The second-order valence-electron chi connectivity index (χ2n) is 11.6. The monoisotopic (exact) mass is 552 g/mol. The Bertz CT molecular complexity index is 1090. The van der Waals surface area contributed by atoms with Gasteiger partial charge in [0.15, 0.2) is 0 Å². The molecule has 0 aliphatic carbocycles. The average Bonchev–Trinajstić information content (AvgIpc) is 3.45. The fourth-order valence-corrected chi connectivity index (χ4v) is 7.04. The Hall–Kier alpha value is -2.97. The fraction of sp³-hybridized carbons (Fsp3) is 0.594. The Morgan fingerprint density at radius 1 is 1.18 bits per heavy atom. The molecule has 1 aromatic rings. The topological polar surface area (TPSA) is 96.4 Å². The van der Waals surface area contributed by atoms with Crippen LogP contribution in [0.1, 0.15) is 57.9 Å². The first-order valence-corrected chi connectivity index (χ1v) is 14.6. The lowest BCUT2D eigenvalue weighted by molar-refractivity contribution is -0.162. The third-order valence-electron chi connectivity index (χ3n) is 9.03. The molecule has 2 bridgehead atoms. The van der Waals surface area contributed by atoms with Crippen LogP contribution in [0, 0.1) is 17.8 Å². The van der Waals surface area contributed by atoms with Crippen molar-refractivity contribution in [3.63, 3.8) is 0 Å². The molecule has 3 fully saturated rings. The number of rotatable bonds is 15. The number of likely N-dealkylation sites (tertiary alicyclic amines) is 1. The number of benzene rings is 1. The van der Waals surface area contributed by atoms with Crippen LogP contribution in [0.4, 0.5) is 0 Å². The number of unbranched alkanes of at least 4 members (excludes halogenated alkanes) is 3. The van der Waals surface area contributed by atoms with Gasteiger partial charge >= 0.3 is 5.97 Å². The maximum atomic E-state index is 14.5. The van der Waals surface area contributed by atoms with Crippen LogP contribution in [0.25, 0.3) is 0 Å². The van der Waals surface area contributed by atoms with Gasteiger partial charge in [0.1, 0.15) is 17.6 Å². The minimum absolute atomic E-state index is 0.0473. The summed E-state index contributed by atoms with van der Waals surface area (Å²) in [6, 6.07) is 8.88. The Morgan fingerprint density at radius 3 is 2.60 bits per heavy atom. The van der Waals surface area contributed by atoms with E-state index in [0.29, 0.717) is 45.3 Å². The molecule has 3 aliphatic heterocycles. The van der Waals surface area contributed by atoms with E-state index in [2.05, 4.69) is 13.2 Å². The first kappa shape index (κ1) is 30.0. The highest BCUT2D eigenvalue weighted by Crippen LogP contribution is 2.65. The Morgan fingerprint density at radius 2 is 1.93 bits per heavy atom. The summed E-state index contributed by atoms with van der Waals surface area (Å²) in [4.78, 5) is 45.6. The van der Waals surface area contributed by atoms with E-state index in [9.17, 15) is 19.5 Å². The highest BCUT2D eigenvalue weighted by Gasteiger charge is 2.80. The van der Waals surface area contributed by atoms with Gasteiger partial charge in [-0.3, -0.25) is 14.4 Å². The van der Waals surface area contributed by atoms with Crippen LogP contribution in [0.2, 0.25) is 0 Å². The molecule has 0 aromatic heterocycles. The Balaban J connectivity index is 1.70. The number of hydrogen-bond acceptors (Lipinski definition) is 6. The minimum atomic E-state index is -1.11. The second-order valence-corrected chi connectivity index (χ2v) is 11.6. The smallest absolute Gasteiger partial charge is 0.312 e. The number of aliphatic hydroxyl groups is 1. The molecule has 2 amide bonds. The van der Waals surface area contributed by atoms with Gasteiger partial charge in [-0.1, -0.05) is 49.4 Å². The summed E-state index contributed by atoms with van der Waals surface area (Å²) in [6.45, 7) is 12.9. The molecule has 6 atom stereocenters. The van der Waals surface area contributed by atoms with Crippen molar-refractivity contribution in [3.05, 3.63) is 61.2 Å². The maximum absolute atomic E-state index is 14.5. The van der Waals surface area contributed by atoms with Crippen molar-refractivity contribution in [1.82, 2.24) is 9.80 Å². The van der Waals surface area contributed by atoms with Gasteiger partial charge in [0.05, 0.1) is 18.1 Å². The standard InChI is InChI=1S/C32H44N2O6/c1-5-7-14-20-39-30(38)26-25-28(36)34(18-12-9-13-19-35)27(32(25)21-23(3)31(26,4)40-32)29(37)33(17-6-2)22-24-15-10-8-11-16-24/h5-6,8,10-11,15-16,23,25-27,35H,1-2,7,9,12-14,17-22H2,3-4H3/t23?,25-,26+,27?,31-,32?/m0/s1. The number of hydrogen-bond donors (Lipinski definition) is 1. The SMILES string of the molecule is C=CCCCOC(=O)[C@H]1[C@H]2C(=O)N(CCCCCO)C(C(=O)N(CC=C)Cc3ccccc3)C23CC(C)[C@]1(C)O3. The molecule has 4 rings (SSSR count). The number of allylic oxidation sites excluding steroid dienone is 1. The molecule has 40 heavy (non-hydrogen) atoms. The highest BCUT2D eigenvalue weighted by molar-refractivity contribution is 5.98. The molecule has 218 valence electrons. The van der Waals surface area contributed by atoms with Crippen LogP contribution < -0.4 is 0 Å². The van der Waals surface area contributed by atoms with Gasteiger partial charge in [-0.25, -0.2) is 0 Å². The number of amides is 2. The maximum Gasteiger partial charge on any atom is 0.312 e. The van der Waals surface area contributed by atoms with Crippen LogP contribution >= 0.6 is 0 Å². The van der Waals surface area contributed by atoms with E-state index in [0.717, 1.165) is 18.4 Å². The highest BCUT2D eigenvalue weighted by atomic mass is 16.6. The molecule has 3 unspecified atom stereocenters. The van der Waals surface area contributed by atoms with E-state index in [4.69, 9.17) is 9.47 Å². The molecule has 0 radical (unpaired) electrons. The molecule has 1 N–H and O–H groups in total. The quantitative estimate of drug-likeness (QED) is 0.202. The lowest BCUT2D eigenvalue weighted by atomic mass is 9.62. The van der Waals surface area contributed by atoms with Crippen molar-refractivity contribution in [2.24, 2.45) is 17.8 Å². The molecule has 8 nitrogen and oxygen atoms in total. The van der Waals surface area contributed by atoms with E-state index in [1.165, 1.54) is 0 Å². The van der Waals surface area contributed by atoms with Crippen molar-refractivity contribution < 1.29 is 29.0 Å². The zero-order chi connectivity index (χ0) is 28.9. The Kier molecular flexibility index (Phi) is 9.52. The molecule has 1 aromatic carbocycles. The van der Waals surface area contributed by atoms with Gasteiger partial charge in [0.25, 0.3) is 0 Å². The van der Waals surface area contributed by atoms with Crippen LogP contribution in [0.3, 0.4) is 0 Å². The predicted octanol–water partition coefficient (Wildman–Crippen LogP) is 3.88. The van der Waals surface area contributed by atoms with Gasteiger partial charge in [0, 0.05) is 26.2 Å².